The van der Waals surface area contributed by atoms with Crippen LogP contribution in [0.5, 0.6) is 0 Å². The second kappa shape index (κ2) is 5.85. The van der Waals surface area contributed by atoms with Crippen molar-refractivity contribution >= 4 is 11.9 Å². The third-order valence-electron chi connectivity index (χ3n) is 4.55. The summed E-state index contributed by atoms with van der Waals surface area (Å²) in [6.45, 7) is 2.26. The molecule has 5 heteroatoms. The van der Waals surface area contributed by atoms with Gasteiger partial charge >= 0.3 is 5.97 Å². The molecule has 21 heavy (non-hydrogen) atoms. The Morgan fingerprint density at radius 2 is 1.81 bits per heavy atom. The van der Waals surface area contributed by atoms with Gasteiger partial charge in [-0.1, -0.05) is 0 Å². The quantitative estimate of drug-likeness (QED) is 0.889. The fraction of sp³-hybridized carbons (Fsp3) is 0.500. The fourth-order valence-electron chi connectivity index (χ4n) is 3.39. The van der Waals surface area contributed by atoms with Crippen molar-refractivity contribution in [1.29, 1.82) is 0 Å². The van der Waals surface area contributed by atoms with E-state index in [4.69, 9.17) is 5.11 Å². The lowest BCUT2D eigenvalue weighted by Crippen LogP contribution is -2.47. The van der Waals surface area contributed by atoms with Crippen LogP contribution in [0.2, 0.25) is 0 Å². The van der Waals surface area contributed by atoms with Gasteiger partial charge in [0.15, 0.2) is 0 Å². The number of amides is 1. The molecular formula is C16H20N2O3. The van der Waals surface area contributed by atoms with E-state index >= 15 is 0 Å². The zero-order valence-corrected chi connectivity index (χ0v) is 11.9. The normalized spacial score (nSPS) is 25.3. The van der Waals surface area contributed by atoms with Crippen LogP contribution < -0.4 is 5.32 Å². The van der Waals surface area contributed by atoms with Crippen molar-refractivity contribution in [3.05, 3.63) is 35.4 Å². The van der Waals surface area contributed by atoms with Crippen LogP contribution in [-0.4, -0.2) is 47.1 Å². The molecule has 5 nitrogen and oxygen atoms in total. The number of hydrogen-bond donors (Lipinski definition) is 2. The molecule has 0 saturated carbocycles. The van der Waals surface area contributed by atoms with Crippen LogP contribution in [0.4, 0.5) is 0 Å². The molecule has 2 N–H and O–H groups in total. The topological polar surface area (TPSA) is 69.6 Å². The highest BCUT2D eigenvalue weighted by Crippen LogP contribution is 2.26. The molecule has 2 unspecified atom stereocenters. The van der Waals surface area contributed by atoms with Crippen molar-refractivity contribution < 1.29 is 14.7 Å². The Balaban J connectivity index is 1.59. The summed E-state index contributed by atoms with van der Waals surface area (Å²) in [5, 5.41) is 11.9. The van der Waals surface area contributed by atoms with Crippen molar-refractivity contribution in [1.82, 2.24) is 10.2 Å². The van der Waals surface area contributed by atoms with Gasteiger partial charge in [0.05, 0.1) is 5.56 Å². The van der Waals surface area contributed by atoms with Gasteiger partial charge in [0.25, 0.3) is 5.91 Å². The van der Waals surface area contributed by atoms with Crippen LogP contribution in [0.1, 0.15) is 46.4 Å². The molecule has 1 aromatic carbocycles. The van der Waals surface area contributed by atoms with Gasteiger partial charge < -0.3 is 15.3 Å². The van der Waals surface area contributed by atoms with E-state index in [0.717, 1.165) is 19.4 Å². The molecule has 0 aromatic heterocycles. The van der Waals surface area contributed by atoms with Gasteiger partial charge in [-0.2, -0.15) is 0 Å². The highest BCUT2D eigenvalue weighted by atomic mass is 16.4. The third-order valence-corrected chi connectivity index (χ3v) is 4.55. The Hall–Kier alpha value is -1.88. The minimum atomic E-state index is -0.976. The Morgan fingerprint density at radius 1 is 1.10 bits per heavy atom. The van der Waals surface area contributed by atoms with Gasteiger partial charge in [0.1, 0.15) is 0 Å². The SMILES string of the molecule is O=C(O)c1ccc(C(=O)NC2CCN3CCCC3C2)cc1. The Morgan fingerprint density at radius 3 is 2.52 bits per heavy atom. The van der Waals surface area contributed by atoms with Crippen molar-refractivity contribution in [2.24, 2.45) is 0 Å². The van der Waals surface area contributed by atoms with Crippen molar-refractivity contribution in [2.45, 2.75) is 37.8 Å². The predicted octanol–water partition coefficient (Wildman–Crippen LogP) is 1.74. The number of nitrogens with zero attached hydrogens (tertiary/aromatic N) is 1. The third kappa shape index (κ3) is 3.08. The zero-order chi connectivity index (χ0) is 14.8. The number of rotatable bonds is 3. The van der Waals surface area contributed by atoms with Crippen LogP contribution >= 0.6 is 0 Å². The average molecular weight is 288 g/mol. The van der Waals surface area contributed by atoms with Gasteiger partial charge in [-0.3, -0.25) is 4.79 Å². The van der Waals surface area contributed by atoms with E-state index in [9.17, 15) is 9.59 Å². The number of aromatic carboxylic acids is 1. The Labute approximate surface area is 123 Å². The van der Waals surface area contributed by atoms with Crippen LogP contribution in [0, 0.1) is 0 Å². The van der Waals surface area contributed by atoms with Crippen LogP contribution in [0.3, 0.4) is 0 Å². The molecule has 2 fully saturated rings. The minimum Gasteiger partial charge on any atom is -0.478 e. The van der Waals surface area contributed by atoms with Crippen molar-refractivity contribution in [3.8, 4) is 0 Å². The Bertz CT molecular complexity index is 541. The molecule has 2 aliphatic heterocycles. The summed E-state index contributed by atoms with van der Waals surface area (Å²) in [6, 6.07) is 6.94. The first-order valence-electron chi connectivity index (χ1n) is 7.52. The van der Waals surface area contributed by atoms with Crippen LogP contribution in [0.15, 0.2) is 24.3 Å². The molecule has 1 aromatic rings. The van der Waals surface area contributed by atoms with Crippen molar-refractivity contribution in [3.63, 3.8) is 0 Å². The molecule has 1 amide bonds. The lowest BCUT2D eigenvalue weighted by molar-refractivity contribution is 0.0696. The van der Waals surface area contributed by atoms with E-state index in [1.54, 1.807) is 12.1 Å². The second-order valence-corrected chi connectivity index (χ2v) is 5.91. The molecule has 0 aliphatic carbocycles. The summed E-state index contributed by atoms with van der Waals surface area (Å²) in [4.78, 5) is 25.5. The number of nitrogens with one attached hydrogen (secondary N) is 1. The molecular weight excluding hydrogens is 268 g/mol. The smallest absolute Gasteiger partial charge is 0.335 e. The maximum absolute atomic E-state index is 12.2. The van der Waals surface area contributed by atoms with Gasteiger partial charge in [-0.25, -0.2) is 4.79 Å². The molecule has 2 saturated heterocycles. The average Bonchev–Trinajstić information content (AvgIpc) is 2.95. The summed E-state index contributed by atoms with van der Waals surface area (Å²) in [5.41, 5.74) is 0.722. The maximum Gasteiger partial charge on any atom is 0.335 e. The van der Waals surface area contributed by atoms with Crippen LogP contribution in [0.25, 0.3) is 0 Å². The van der Waals surface area contributed by atoms with Gasteiger partial charge in [-0.05, 0) is 56.5 Å². The molecule has 2 atom stereocenters. The molecule has 0 bridgehead atoms. The Kier molecular flexibility index (Phi) is 3.92. The van der Waals surface area contributed by atoms with Gasteiger partial charge in [0.2, 0.25) is 0 Å². The number of benzene rings is 1. The summed E-state index contributed by atoms with van der Waals surface area (Å²) >= 11 is 0. The predicted molar refractivity (Wildman–Crippen MR) is 78.5 cm³/mol. The summed E-state index contributed by atoms with van der Waals surface area (Å²) in [6.07, 6.45) is 4.52. The number of fused-ring (bicyclic) bond motifs is 1. The monoisotopic (exact) mass is 288 g/mol. The number of carboxylic acids is 1. The number of carbonyl (C=O) groups is 2. The van der Waals surface area contributed by atoms with E-state index in [1.807, 2.05) is 0 Å². The molecule has 0 spiro atoms. The van der Waals surface area contributed by atoms with Gasteiger partial charge in [0, 0.05) is 24.2 Å². The van der Waals surface area contributed by atoms with E-state index < -0.39 is 5.97 Å². The van der Waals surface area contributed by atoms with E-state index in [1.165, 1.54) is 31.5 Å². The second-order valence-electron chi connectivity index (χ2n) is 5.91. The van der Waals surface area contributed by atoms with Gasteiger partial charge in [-0.15, -0.1) is 0 Å². The maximum atomic E-state index is 12.2. The number of carboxylic acid groups (broad SMARTS) is 1. The number of piperidine rings is 1. The standard InChI is InChI=1S/C16H20N2O3/c19-15(11-3-5-12(6-4-11)16(20)21)17-13-7-9-18-8-1-2-14(18)10-13/h3-6,13-14H,1-2,7-10H2,(H,17,19)(H,20,21). The molecule has 2 heterocycles. The minimum absolute atomic E-state index is 0.108. The van der Waals surface area contributed by atoms with Crippen molar-refractivity contribution in [2.75, 3.05) is 13.1 Å². The van der Waals surface area contributed by atoms with E-state index in [2.05, 4.69) is 10.2 Å². The van der Waals surface area contributed by atoms with E-state index in [-0.39, 0.29) is 17.5 Å². The molecule has 3 rings (SSSR count). The molecule has 0 radical (unpaired) electrons. The summed E-state index contributed by atoms with van der Waals surface area (Å²) < 4.78 is 0. The first kappa shape index (κ1) is 14.1. The first-order chi connectivity index (χ1) is 10.1. The summed E-state index contributed by atoms with van der Waals surface area (Å²) in [5.74, 6) is -1.08. The number of carbonyl (C=O) groups excluding carboxylic acids is 1. The van der Waals surface area contributed by atoms with Crippen LogP contribution in [-0.2, 0) is 0 Å². The molecule has 112 valence electrons. The first-order valence-corrected chi connectivity index (χ1v) is 7.52. The lowest BCUT2D eigenvalue weighted by Gasteiger charge is -2.35. The van der Waals surface area contributed by atoms with E-state index in [0.29, 0.717) is 11.6 Å². The highest BCUT2D eigenvalue weighted by Gasteiger charge is 2.32. The summed E-state index contributed by atoms with van der Waals surface area (Å²) in [7, 11) is 0. The fourth-order valence-corrected chi connectivity index (χ4v) is 3.39. The lowest BCUT2D eigenvalue weighted by atomic mass is 9.97. The largest absolute Gasteiger partial charge is 0.478 e. The molecule has 2 aliphatic rings. The highest BCUT2D eigenvalue weighted by molar-refractivity contribution is 5.96. The number of hydrogen-bond acceptors (Lipinski definition) is 3. The zero-order valence-electron chi connectivity index (χ0n) is 11.9.